The molecule has 0 saturated carbocycles. The Kier molecular flexibility index (Phi) is 6.11. The van der Waals surface area contributed by atoms with Crippen LogP contribution >= 0.6 is 0 Å². The van der Waals surface area contributed by atoms with Gasteiger partial charge in [-0.2, -0.15) is 0 Å². The van der Waals surface area contributed by atoms with Gasteiger partial charge in [-0.05, 0) is 56.5 Å². The van der Waals surface area contributed by atoms with Gasteiger partial charge in [0.2, 0.25) is 0 Å². The zero-order valence-electron chi connectivity index (χ0n) is 15.3. The number of anilines is 1. The van der Waals surface area contributed by atoms with Gasteiger partial charge in [0.25, 0.3) is 5.91 Å². The summed E-state index contributed by atoms with van der Waals surface area (Å²) >= 11 is 0. The van der Waals surface area contributed by atoms with Crippen molar-refractivity contribution in [2.24, 2.45) is 0 Å². The van der Waals surface area contributed by atoms with Gasteiger partial charge in [0.05, 0.1) is 5.56 Å². The van der Waals surface area contributed by atoms with Gasteiger partial charge in [0.15, 0.2) is 6.61 Å². The van der Waals surface area contributed by atoms with E-state index in [1.54, 1.807) is 19.1 Å². The van der Waals surface area contributed by atoms with E-state index in [-0.39, 0.29) is 0 Å². The second-order valence-corrected chi connectivity index (χ2v) is 6.14. The SMILES string of the molecule is Cc1ccc(C)c(C(=O)OCC(=O)NC(=O)Nc2cccc(C)c2C)c1. The van der Waals surface area contributed by atoms with Crippen LogP contribution in [0.1, 0.15) is 32.6 Å². The van der Waals surface area contributed by atoms with Crippen molar-refractivity contribution in [1.82, 2.24) is 5.32 Å². The molecule has 0 saturated heterocycles. The van der Waals surface area contributed by atoms with Gasteiger partial charge in [-0.15, -0.1) is 0 Å². The van der Waals surface area contributed by atoms with E-state index in [0.29, 0.717) is 11.3 Å². The van der Waals surface area contributed by atoms with Gasteiger partial charge in [0, 0.05) is 5.69 Å². The van der Waals surface area contributed by atoms with Gasteiger partial charge in [-0.25, -0.2) is 9.59 Å². The topological polar surface area (TPSA) is 84.5 Å². The molecule has 6 nitrogen and oxygen atoms in total. The van der Waals surface area contributed by atoms with Crippen LogP contribution in [0.15, 0.2) is 36.4 Å². The van der Waals surface area contributed by atoms with Crippen LogP contribution in [0.4, 0.5) is 10.5 Å². The van der Waals surface area contributed by atoms with Crippen molar-refractivity contribution in [3.63, 3.8) is 0 Å². The number of carbonyl (C=O) groups excluding carboxylic acids is 3. The molecule has 0 spiro atoms. The summed E-state index contributed by atoms with van der Waals surface area (Å²) in [4.78, 5) is 35.8. The zero-order chi connectivity index (χ0) is 19.3. The normalized spacial score (nSPS) is 10.2. The van der Waals surface area contributed by atoms with Gasteiger partial charge in [-0.3, -0.25) is 10.1 Å². The van der Waals surface area contributed by atoms with Crippen LogP contribution in [0.2, 0.25) is 0 Å². The van der Waals surface area contributed by atoms with E-state index in [1.165, 1.54) is 0 Å². The number of hydrogen-bond donors (Lipinski definition) is 2. The number of hydrogen-bond acceptors (Lipinski definition) is 4. The molecule has 2 aromatic carbocycles. The number of urea groups is 1. The summed E-state index contributed by atoms with van der Waals surface area (Å²) in [5.41, 5.74) is 4.63. The number of imide groups is 1. The highest BCUT2D eigenvalue weighted by Gasteiger charge is 2.15. The Morgan fingerprint density at radius 3 is 2.42 bits per heavy atom. The monoisotopic (exact) mass is 354 g/mol. The predicted molar refractivity (Wildman–Crippen MR) is 99.3 cm³/mol. The maximum atomic E-state index is 12.1. The highest BCUT2D eigenvalue weighted by atomic mass is 16.5. The molecule has 0 heterocycles. The van der Waals surface area contributed by atoms with E-state index in [2.05, 4.69) is 10.6 Å². The molecule has 2 N–H and O–H groups in total. The molecule has 0 bridgehead atoms. The molecule has 136 valence electrons. The molecule has 2 rings (SSSR count). The summed E-state index contributed by atoms with van der Waals surface area (Å²) in [6, 6.07) is 10.2. The largest absolute Gasteiger partial charge is 0.452 e. The van der Waals surface area contributed by atoms with Crippen LogP contribution in [0.25, 0.3) is 0 Å². The smallest absolute Gasteiger partial charge is 0.338 e. The molecule has 0 atom stereocenters. The Bertz CT molecular complexity index is 859. The Balaban J connectivity index is 1.88. The fraction of sp³-hybridized carbons (Fsp3) is 0.250. The van der Waals surface area contributed by atoms with E-state index >= 15 is 0 Å². The molecular formula is C20H22N2O4. The molecule has 0 aromatic heterocycles. The first kappa shape index (κ1) is 19.2. The number of ether oxygens (including phenoxy) is 1. The first-order valence-electron chi connectivity index (χ1n) is 8.19. The minimum absolute atomic E-state index is 0.401. The van der Waals surface area contributed by atoms with Crippen LogP contribution in [-0.4, -0.2) is 24.5 Å². The first-order chi connectivity index (χ1) is 12.3. The second kappa shape index (κ2) is 8.29. The predicted octanol–water partition coefficient (Wildman–Crippen LogP) is 3.43. The lowest BCUT2D eigenvalue weighted by molar-refractivity contribution is -0.123. The number of rotatable bonds is 4. The number of amides is 3. The molecule has 6 heteroatoms. The van der Waals surface area contributed by atoms with E-state index in [1.807, 2.05) is 45.0 Å². The highest BCUT2D eigenvalue weighted by Crippen LogP contribution is 2.17. The zero-order valence-corrected chi connectivity index (χ0v) is 15.3. The number of carbonyl (C=O) groups is 3. The highest BCUT2D eigenvalue weighted by molar-refractivity contribution is 6.02. The molecular weight excluding hydrogens is 332 g/mol. The third kappa shape index (κ3) is 4.92. The van der Waals surface area contributed by atoms with Crippen molar-refractivity contribution in [3.05, 3.63) is 64.2 Å². The summed E-state index contributed by atoms with van der Waals surface area (Å²) in [5, 5.41) is 4.75. The molecule has 0 aliphatic heterocycles. The minimum atomic E-state index is -0.702. The third-order valence-electron chi connectivity index (χ3n) is 4.05. The van der Waals surface area contributed by atoms with Crippen molar-refractivity contribution < 1.29 is 19.1 Å². The van der Waals surface area contributed by atoms with Crippen molar-refractivity contribution >= 4 is 23.6 Å². The molecule has 2 aromatic rings. The van der Waals surface area contributed by atoms with Crippen molar-refractivity contribution in [3.8, 4) is 0 Å². The Morgan fingerprint density at radius 2 is 1.69 bits per heavy atom. The molecule has 0 fully saturated rings. The number of nitrogens with one attached hydrogen (secondary N) is 2. The maximum Gasteiger partial charge on any atom is 0.338 e. The summed E-state index contributed by atoms with van der Waals surface area (Å²) in [5.74, 6) is -1.30. The fourth-order valence-electron chi connectivity index (χ4n) is 2.37. The summed E-state index contributed by atoms with van der Waals surface area (Å²) < 4.78 is 4.99. The Hall–Kier alpha value is -3.15. The van der Waals surface area contributed by atoms with Crippen LogP contribution in [0, 0.1) is 27.7 Å². The van der Waals surface area contributed by atoms with Gasteiger partial charge in [0.1, 0.15) is 0 Å². The Morgan fingerprint density at radius 1 is 0.962 bits per heavy atom. The van der Waals surface area contributed by atoms with Crippen molar-refractivity contribution in [1.29, 1.82) is 0 Å². The van der Waals surface area contributed by atoms with Crippen LogP contribution in [0.3, 0.4) is 0 Å². The van der Waals surface area contributed by atoms with Gasteiger partial charge in [-0.1, -0.05) is 29.8 Å². The summed E-state index contributed by atoms with van der Waals surface area (Å²) in [7, 11) is 0. The average Bonchev–Trinajstić information content (AvgIpc) is 2.59. The molecule has 0 aliphatic carbocycles. The molecule has 0 unspecified atom stereocenters. The first-order valence-corrected chi connectivity index (χ1v) is 8.19. The van der Waals surface area contributed by atoms with E-state index in [0.717, 1.165) is 22.3 Å². The van der Waals surface area contributed by atoms with Crippen LogP contribution in [0.5, 0.6) is 0 Å². The van der Waals surface area contributed by atoms with Crippen LogP contribution in [-0.2, 0) is 9.53 Å². The van der Waals surface area contributed by atoms with Gasteiger partial charge < -0.3 is 10.1 Å². The van der Waals surface area contributed by atoms with E-state index in [4.69, 9.17) is 4.74 Å². The Labute approximate surface area is 152 Å². The summed E-state index contributed by atoms with van der Waals surface area (Å²) in [6.45, 7) is 6.91. The third-order valence-corrected chi connectivity index (χ3v) is 4.05. The molecule has 3 amide bonds. The second-order valence-electron chi connectivity index (χ2n) is 6.14. The van der Waals surface area contributed by atoms with Crippen molar-refractivity contribution in [2.45, 2.75) is 27.7 Å². The van der Waals surface area contributed by atoms with Gasteiger partial charge >= 0.3 is 12.0 Å². The quantitative estimate of drug-likeness (QED) is 0.824. The number of benzene rings is 2. The summed E-state index contributed by atoms with van der Waals surface area (Å²) in [6.07, 6.45) is 0. The fourth-order valence-corrected chi connectivity index (χ4v) is 2.37. The van der Waals surface area contributed by atoms with E-state index in [9.17, 15) is 14.4 Å². The number of esters is 1. The maximum absolute atomic E-state index is 12.1. The lowest BCUT2D eigenvalue weighted by Gasteiger charge is -2.11. The number of aryl methyl sites for hydroxylation is 3. The lowest BCUT2D eigenvalue weighted by Crippen LogP contribution is -2.37. The molecule has 0 aliphatic rings. The van der Waals surface area contributed by atoms with Crippen molar-refractivity contribution in [2.75, 3.05) is 11.9 Å². The molecule has 26 heavy (non-hydrogen) atoms. The molecule has 0 radical (unpaired) electrons. The van der Waals surface area contributed by atoms with E-state index < -0.39 is 24.5 Å². The standard InChI is InChI=1S/C20H22N2O4/c1-12-8-9-14(3)16(10-12)19(24)26-11-18(23)22-20(25)21-17-7-5-6-13(2)15(17)4/h5-10H,11H2,1-4H3,(H2,21,22,23,25). The van der Waals surface area contributed by atoms with Crippen LogP contribution < -0.4 is 10.6 Å². The average molecular weight is 354 g/mol. The lowest BCUT2D eigenvalue weighted by atomic mass is 10.1. The minimum Gasteiger partial charge on any atom is -0.452 e.